The molecule has 0 unspecified atom stereocenters. The van der Waals surface area contributed by atoms with Crippen molar-refractivity contribution in [1.29, 1.82) is 0 Å². The first-order valence-corrected chi connectivity index (χ1v) is 7.31. The predicted octanol–water partition coefficient (Wildman–Crippen LogP) is 0.807. The molecule has 114 valence electrons. The van der Waals surface area contributed by atoms with Crippen LogP contribution in [-0.4, -0.2) is 61.4 Å². The molecule has 1 heterocycles. The lowest BCUT2D eigenvalue weighted by atomic mass is 10.0. The van der Waals surface area contributed by atoms with Gasteiger partial charge < -0.3 is 15.1 Å². The van der Waals surface area contributed by atoms with Gasteiger partial charge in [0.25, 0.3) is 5.91 Å². The normalized spacial score (nSPS) is 14.9. The van der Waals surface area contributed by atoms with Gasteiger partial charge in [-0.3, -0.25) is 9.59 Å². The molecule has 5 heteroatoms. The van der Waals surface area contributed by atoms with E-state index in [1.807, 2.05) is 36.9 Å². The molecule has 0 atom stereocenters. The molecule has 1 aromatic rings. The number of benzene rings is 1. The first-order chi connectivity index (χ1) is 10.0. The lowest BCUT2D eigenvalue weighted by Crippen LogP contribution is -2.49. The molecule has 2 amide bonds. The topological polar surface area (TPSA) is 52.7 Å². The molecular weight excluding hydrogens is 266 g/mol. The molecule has 1 aliphatic heterocycles. The van der Waals surface area contributed by atoms with Crippen LogP contribution in [0.3, 0.4) is 0 Å². The highest BCUT2D eigenvalue weighted by Crippen LogP contribution is 2.15. The highest BCUT2D eigenvalue weighted by molar-refractivity contribution is 5.98. The number of hydrogen-bond donors (Lipinski definition) is 1. The Kier molecular flexibility index (Phi) is 4.96. The molecule has 1 saturated heterocycles. The van der Waals surface area contributed by atoms with E-state index < -0.39 is 0 Å². The van der Waals surface area contributed by atoms with Crippen LogP contribution in [0.4, 0.5) is 0 Å². The Bertz CT molecular complexity index is 516. The van der Waals surface area contributed by atoms with Crippen molar-refractivity contribution in [3.63, 3.8) is 0 Å². The molecule has 1 N–H and O–H groups in total. The van der Waals surface area contributed by atoms with E-state index in [9.17, 15) is 9.59 Å². The van der Waals surface area contributed by atoms with Gasteiger partial charge in [-0.15, -0.1) is 0 Å². The number of carbonyl (C=O) groups is 2. The second-order valence-corrected chi connectivity index (χ2v) is 5.56. The molecule has 0 aliphatic carbocycles. The summed E-state index contributed by atoms with van der Waals surface area (Å²) in [7, 11) is 1.69. The number of aryl methyl sites for hydroxylation is 2. The summed E-state index contributed by atoms with van der Waals surface area (Å²) < 4.78 is 0. The maximum absolute atomic E-state index is 12.5. The van der Waals surface area contributed by atoms with Crippen LogP contribution in [0, 0.1) is 13.8 Å². The highest BCUT2D eigenvalue weighted by Gasteiger charge is 2.22. The zero-order valence-corrected chi connectivity index (χ0v) is 13.0. The molecule has 1 aliphatic rings. The van der Waals surface area contributed by atoms with Crippen LogP contribution < -0.4 is 5.32 Å². The van der Waals surface area contributed by atoms with E-state index in [4.69, 9.17) is 0 Å². The molecule has 1 aromatic carbocycles. The van der Waals surface area contributed by atoms with Crippen LogP contribution in [0.1, 0.15) is 21.5 Å². The number of nitrogens with one attached hydrogen (secondary N) is 1. The zero-order chi connectivity index (χ0) is 15.4. The molecule has 0 spiro atoms. The summed E-state index contributed by atoms with van der Waals surface area (Å²) in [5, 5.41) is 3.21. The van der Waals surface area contributed by atoms with Crippen LogP contribution >= 0.6 is 0 Å². The molecule has 21 heavy (non-hydrogen) atoms. The quantitative estimate of drug-likeness (QED) is 0.896. The van der Waals surface area contributed by atoms with Crippen molar-refractivity contribution in [1.82, 2.24) is 15.1 Å². The molecule has 0 aromatic heterocycles. The van der Waals surface area contributed by atoms with Gasteiger partial charge in [-0.05, 0) is 25.0 Å². The number of rotatable bonds is 3. The van der Waals surface area contributed by atoms with Crippen LogP contribution in [0.5, 0.6) is 0 Å². The second kappa shape index (κ2) is 6.72. The van der Waals surface area contributed by atoms with E-state index in [-0.39, 0.29) is 18.4 Å². The summed E-state index contributed by atoms with van der Waals surface area (Å²) in [4.78, 5) is 28.1. The summed E-state index contributed by atoms with van der Waals surface area (Å²) >= 11 is 0. The molecule has 0 saturated carbocycles. The average molecular weight is 289 g/mol. The van der Waals surface area contributed by atoms with Gasteiger partial charge in [-0.2, -0.15) is 0 Å². The minimum Gasteiger partial charge on any atom is -0.339 e. The standard InChI is InChI=1S/C16H23N3O2/c1-12-5-4-6-13(2)15(12)16(21)18(3)11-14(20)19-9-7-17-8-10-19/h4-6,17H,7-11H2,1-3H3. The van der Waals surface area contributed by atoms with Crippen molar-refractivity contribution >= 4 is 11.8 Å². The van der Waals surface area contributed by atoms with Gasteiger partial charge in [0.05, 0.1) is 6.54 Å². The minimum absolute atomic E-state index is 0.0126. The van der Waals surface area contributed by atoms with Gasteiger partial charge in [0.1, 0.15) is 0 Å². The fourth-order valence-electron chi connectivity index (χ4n) is 2.63. The van der Waals surface area contributed by atoms with Crippen molar-refractivity contribution in [2.75, 3.05) is 39.8 Å². The first kappa shape index (κ1) is 15.5. The first-order valence-electron chi connectivity index (χ1n) is 7.31. The summed E-state index contributed by atoms with van der Waals surface area (Å²) in [6, 6.07) is 5.78. The van der Waals surface area contributed by atoms with Gasteiger partial charge >= 0.3 is 0 Å². The van der Waals surface area contributed by atoms with Crippen molar-refractivity contribution < 1.29 is 9.59 Å². The smallest absolute Gasteiger partial charge is 0.254 e. The fourth-order valence-corrected chi connectivity index (χ4v) is 2.63. The lowest BCUT2D eigenvalue weighted by Gasteiger charge is -2.29. The zero-order valence-electron chi connectivity index (χ0n) is 13.0. The van der Waals surface area contributed by atoms with Gasteiger partial charge in [0, 0.05) is 38.8 Å². The number of likely N-dealkylation sites (N-methyl/N-ethyl adjacent to an activating group) is 1. The summed E-state index contributed by atoms with van der Waals surface area (Å²) in [5.41, 5.74) is 2.59. The predicted molar refractivity (Wildman–Crippen MR) is 82.3 cm³/mol. The van der Waals surface area contributed by atoms with E-state index in [2.05, 4.69) is 5.32 Å². The third kappa shape index (κ3) is 3.61. The molecule has 5 nitrogen and oxygen atoms in total. The van der Waals surface area contributed by atoms with Gasteiger partial charge in [-0.1, -0.05) is 18.2 Å². The highest BCUT2D eigenvalue weighted by atomic mass is 16.2. The Labute approximate surface area is 125 Å². The Morgan fingerprint density at radius 3 is 2.33 bits per heavy atom. The minimum atomic E-state index is -0.0888. The number of hydrogen-bond acceptors (Lipinski definition) is 3. The van der Waals surface area contributed by atoms with Crippen LogP contribution in [-0.2, 0) is 4.79 Å². The SMILES string of the molecule is Cc1cccc(C)c1C(=O)N(C)CC(=O)N1CCNCC1. The second-order valence-electron chi connectivity index (χ2n) is 5.56. The fraction of sp³-hybridized carbons (Fsp3) is 0.500. The van der Waals surface area contributed by atoms with E-state index >= 15 is 0 Å². The van der Waals surface area contributed by atoms with Crippen molar-refractivity contribution in [3.8, 4) is 0 Å². The average Bonchev–Trinajstić information content (AvgIpc) is 2.47. The van der Waals surface area contributed by atoms with Gasteiger partial charge in [0.2, 0.25) is 5.91 Å². The third-order valence-corrected chi connectivity index (χ3v) is 3.88. The van der Waals surface area contributed by atoms with Crippen molar-refractivity contribution in [2.45, 2.75) is 13.8 Å². The Morgan fingerprint density at radius 2 is 1.76 bits per heavy atom. The van der Waals surface area contributed by atoms with E-state index in [0.29, 0.717) is 18.7 Å². The molecular formula is C16H23N3O2. The van der Waals surface area contributed by atoms with Crippen molar-refractivity contribution in [2.24, 2.45) is 0 Å². The Balaban J connectivity index is 2.04. The molecule has 2 rings (SSSR count). The summed E-state index contributed by atoms with van der Waals surface area (Å²) in [6.45, 7) is 7.04. The summed E-state index contributed by atoms with van der Waals surface area (Å²) in [5.74, 6) is -0.0762. The van der Waals surface area contributed by atoms with Gasteiger partial charge in [-0.25, -0.2) is 0 Å². The number of nitrogens with zero attached hydrogens (tertiary/aromatic N) is 2. The van der Waals surface area contributed by atoms with Gasteiger partial charge in [0.15, 0.2) is 0 Å². The largest absolute Gasteiger partial charge is 0.339 e. The summed E-state index contributed by atoms with van der Waals surface area (Å²) in [6.07, 6.45) is 0. The maximum atomic E-state index is 12.5. The maximum Gasteiger partial charge on any atom is 0.254 e. The monoisotopic (exact) mass is 289 g/mol. The van der Waals surface area contributed by atoms with E-state index in [1.54, 1.807) is 7.05 Å². The number of amides is 2. The molecule has 0 bridgehead atoms. The van der Waals surface area contributed by atoms with Crippen LogP contribution in [0.2, 0.25) is 0 Å². The van der Waals surface area contributed by atoms with E-state index in [0.717, 1.165) is 24.2 Å². The van der Waals surface area contributed by atoms with Crippen LogP contribution in [0.15, 0.2) is 18.2 Å². The Morgan fingerprint density at radius 1 is 1.19 bits per heavy atom. The van der Waals surface area contributed by atoms with E-state index in [1.165, 1.54) is 4.90 Å². The number of carbonyl (C=O) groups excluding carboxylic acids is 2. The molecule has 1 fully saturated rings. The van der Waals surface area contributed by atoms with Crippen molar-refractivity contribution in [3.05, 3.63) is 34.9 Å². The van der Waals surface area contributed by atoms with Crippen LogP contribution in [0.25, 0.3) is 0 Å². The third-order valence-electron chi connectivity index (χ3n) is 3.88. The number of piperazine rings is 1. The Hall–Kier alpha value is -1.88. The lowest BCUT2D eigenvalue weighted by molar-refractivity contribution is -0.132. The molecule has 0 radical (unpaired) electrons.